The summed E-state index contributed by atoms with van der Waals surface area (Å²) in [5.41, 5.74) is 1.91. The van der Waals surface area contributed by atoms with E-state index in [0.717, 1.165) is 21.5 Å². The smallest absolute Gasteiger partial charge is 0.184 e. The van der Waals surface area contributed by atoms with Crippen LogP contribution in [0, 0.1) is 0 Å². The third-order valence-corrected chi connectivity index (χ3v) is 3.03. The summed E-state index contributed by atoms with van der Waals surface area (Å²) in [4.78, 5) is 13.9. The van der Waals surface area contributed by atoms with Gasteiger partial charge in [-0.2, -0.15) is 4.89 Å². The number of hydrogen-bond donors (Lipinski definition) is 0. The van der Waals surface area contributed by atoms with Crippen LogP contribution in [0.5, 0.6) is 5.75 Å². The van der Waals surface area contributed by atoms with Crippen LogP contribution in [0.2, 0.25) is 4.47 Å². The van der Waals surface area contributed by atoms with E-state index in [2.05, 4.69) is 4.98 Å². The summed E-state index contributed by atoms with van der Waals surface area (Å²) < 4.78 is 1.62. The largest absolute Gasteiger partial charge is 0.337 e. The molecule has 0 N–H and O–H groups in total. The summed E-state index contributed by atoms with van der Waals surface area (Å²) >= 11 is 7.25. The van der Waals surface area contributed by atoms with Crippen LogP contribution in [0.3, 0.4) is 0 Å². The van der Waals surface area contributed by atoms with Crippen molar-refractivity contribution in [2.24, 2.45) is 0 Å². The van der Waals surface area contributed by atoms with Gasteiger partial charge in [0.1, 0.15) is 6.61 Å². The molecule has 0 unspecified atom stereocenters. The monoisotopic (exact) mass is 213 g/mol. The van der Waals surface area contributed by atoms with Crippen LogP contribution in [0.15, 0.2) is 12.1 Å². The number of nitrogens with zero attached hydrogens (tertiary/aromatic N) is 1. The molecular formula is C8H4ClNO2S. The molecule has 3 nitrogen and oxygen atoms in total. The highest BCUT2D eigenvalue weighted by atomic mass is 35.5. The van der Waals surface area contributed by atoms with Gasteiger partial charge in [-0.25, -0.2) is 4.98 Å². The van der Waals surface area contributed by atoms with E-state index in [-0.39, 0.29) is 0 Å². The Morgan fingerprint density at radius 1 is 1.46 bits per heavy atom. The number of fused-ring (bicyclic) bond motifs is 2. The first kappa shape index (κ1) is 7.55. The average Bonchev–Trinajstić information content (AvgIpc) is 2.63. The van der Waals surface area contributed by atoms with Gasteiger partial charge in [-0.1, -0.05) is 11.6 Å². The van der Waals surface area contributed by atoms with Gasteiger partial charge in [0, 0.05) is 11.6 Å². The lowest BCUT2D eigenvalue weighted by molar-refractivity contribution is -0.194. The summed E-state index contributed by atoms with van der Waals surface area (Å²) in [7, 11) is 0. The maximum atomic E-state index is 5.78. The Bertz CT molecular complexity index is 441. The van der Waals surface area contributed by atoms with Crippen LogP contribution in [0.4, 0.5) is 0 Å². The predicted molar refractivity (Wildman–Crippen MR) is 50.0 cm³/mol. The van der Waals surface area contributed by atoms with Crippen LogP contribution < -0.4 is 4.89 Å². The van der Waals surface area contributed by atoms with E-state index in [1.54, 1.807) is 0 Å². The van der Waals surface area contributed by atoms with Crippen LogP contribution in [-0.4, -0.2) is 4.98 Å². The Morgan fingerprint density at radius 2 is 2.38 bits per heavy atom. The zero-order valence-electron chi connectivity index (χ0n) is 6.41. The minimum Gasteiger partial charge on any atom is -0.337 e. The van der Waals surface area contributed by atoms with E-state index in [1.807, 2.05) is 12.1 Å². The van der Waals surface area contributed by atoms with E-state index < -0.39 is 0 Å². The summed E-state index contributed by atoms with van der Waals surface area (Å²) in [5, 5.41) is 0. The van der Waals surface area contributed by atoms with E-state index in [1.165, 1.54) is 11.3 Å². The topological polar surface area (TPSA) is 31.4 Å². The molecule has 0 atom stereocenters. The number of aromatic nitrogens is 1. The highest BCUT2D eigenvalue weighted by Gasteiger charge is 2.16. The number of hydrogen-bond acceptors (Lipinski definition) is 4. The van der Waals surface area contributed by atoms with Crippen molar-refractivity contribution in [1.29, 1.82) is 0 Å². The van der Waals surface area contributed by atoms with Crippen LogP contribution in [-0.2, 0) is 11.5 Å². The minimum atomic E-state index is 0.501. The fourth-order valence-electron chi connectivity index (χ4n) is 1.32. The van der Waals surface area contributed by atoms with Crippen LogP contribution in [0.25, 0.3) is 10.2 Å². The number of rotatable bonds is 0. The number of thiazole rings is 1. The summed E-state index contributed by atoms with van der Waals surface area (Å²) in [6, 6.07) is 3.85. The lowest BCUT2D eigenvalue weighted by Gasteiger charge is -1.92. The van der Waals surface area contributed by atoms with Gasteiger partial charge >= 0.3 is 0 Å². The SMILES string of the molecule is Clc1nc2cc3c(cc2s1)COO3. The third-order valence-electron chi connectivity index (χ3n) is 1.91. The van der Waals surface area contributed by atoms with Crippen molar-refractivity contribution >= 4 is 33.2 Å². The van der Waals surface area contributed by atoms with Gasteiger partial charge in [-0.05, 0) is 6.07 Å². The molecule has 13 heavy (non-hydrogen) atoms. The molecule has 0 saturated carbocycles. The second-order valence-electron chi connectivity index (χ2n) is 2.74. The lowest BCUT2D eigenvalue weighted by atomic mass is 10.2. The maximum Gasteiger partial charge on any atom is 0.184 e. The second kappa shape index (κ2) is 2.57. The fraction of sp³-hybridized carbons (Fsp3) is 0.125. The zero-order valence-corrected chi connectivity index (χ0v) is 7.98. The predicted octanol–water partition coefficient (Wildman–Crippen LogP) is 2.77. The first-order chi connectivity index (χ1) is 6.33. The molecule has 5 heteroatoms. The number of halogens is 1. The van der Waals surface area contributed by atoms with Crippen molar-refractivity contribution < 1.29 is 9.78 Å². The van der Waals surface area contributed by atoms with E-state index in [0.29, 0.717) is 11.1 Å². The van der Waals surface area contributed by atoms with Gasteiger partial charge in [0.2, 0.25) is 0 Å². The summed E-state index contributed by atoms with van der Waals surface area (Å²) in [6.07, 6.45) is 0. The molecule has 1 aromatic heterocycles. The summed E-state index contributed by atoms with van der Waals surface area (Å²) in [6.45, 7) is 0.501. The van der Waals surface area contributed by atoms with Gasteiger partial charge in [-0.3, -0.25) is 0 Å². The van der Waals surface area contributed by atoms with Crippen molar-refractivity contribution in [3.05, 3.63) is 22.2 Å². The Kier molecular flexibility index (Phi) is 1.49. The van der Waals surface area contributed by atoms with Crippen LogP contribution in [0.1, 0.15) is 5.56 Å². The van der Waals surface area contributed by atoms with Crippen molar-refractivity contribution in [3.8, 4) is 5.75 Å². The van der Waals surface area contributed by atoms with Crippen LogP contribution >= 0.6 is 22.9 Å². The molecule has 3 rings (SSSR count). The average molecular weight is 214 g/mol. The first-order valence-electron chi connectivity index (χ1n) is 3.71. The van der Waals surface area contributed by atoms with Gasteiger partial charge < -0.3 is 4.89 Å². The van der Waals surface area contributed by atoms with Crippen molar-refractivity contribution in [3.63, 3.8) is 0 Å². The van der Waals surface area contributed by atoms with Gasteiger partial charge in [0.15, 0.2) is 10.2 Å². The quantitative estimate of drug-likeness (QED) is 0.631. The standard InChI is InChI=1S/C8H4ClNO2S/c9-8-10-5-2-6-4(3-11-12-6)1-7(5)13-8/h1-2H,3H2. The molecule has 2 aromatic rings. The van der Waals surface area contributed by atoms with Gasteiger partial charge in [0.05, 0.1) is 10.2 Å². The normalized spacial score (nSPS) is 14.5. The number of benzene rings is 1. The Hall–Kier alpha value is -0.840. The van der Waals surface area contributed by atoms with Crippen molar-refractivity contribution in [1.82, 2.24) is 4.98 Å². The zero-order chi connectivity index (χ0) is 8.84. The molecule has 0 aliphatic carbocycles. The molecule has 1 aliphatic rings. The molecular weight excluding hydrogens is 210 g/mol. The molecule has 1 aromatic carbocycles. The second-order valence-corrected chi connectivity index (χ2v) is 4.35. The molecule has 0 saturated heterocycles. The fourth-order valence-corrected chi connectivity index (χ4v) is 2.39. The van der Waals surface area contributed by atoms with Gasteiger partial charge in [-0.15, -0.1) is 11.3 Å². The highest BCUT2D eigenvalue weighted by molar-refractivity contribution is 7.22. The van der Waals surface area contributed by atoms with E-state index >= 15 is 0 Å². The molecule has 1 aliphatic heterocycles. The molecule has 0 radical (unpaired) electrons. The Balaban J connectivity index is 2.35. The minimum absolute atomic E-state index is 0.501. The Morgan fingerprint density at radius 3 is 3.31 bits per heavy atom. The molecule has 0 spiro atoms. The highest BCUT2D eigenvalue weighted by Crippen LogP contribution is 2.34. The third kappa shape index (κ3) is 1.10. The maximum absolute atomic E-state index is 5.78. The van der Waals surface area contributed by atoms with E-state index in [4.69, 9.17) is 21.4 Å². The summed E-state index contributed by atoms with van der Waals surface area (Å²) in [5.74, 6) is 0.745. The molecule has 0 bridgehead atoms. The molecule has 0 fully saturated rings. The molecule has 2 heterocycles. The molecule has 66 valence electrons. The first-order valence-corrected chi connectivity index (χ1v) is 4.91. The van der Waals surface area contributed by atoms with Crippen molar-refractivity contribution in [2.45, 2.75) is 6.61 Å². The Labute approximate surface area is 82.8 Å². The van der Waals surface area contributed by atoms with Crippen molar-refractivity contribution in [2.75, 3.05) is 0 Å². The van der Waals surface area contributed by atoms with Gasteiger partial charge in [0.25, 0.3) is 0 Å². The van der Waals surface area contributed by atoms with E-state index in [9.17, 15) is 0 Å². The molecule has 0 amide bonds. The lowest BCUT2D eigenvalue weighted by Crippen LogP contribution is -1.81.